The Labute approximate surface area is 160 Å². The van der Waals surface area contributed by atoms with Gasteiger partial charge >= 0.3 is 6.18 Å². The highest BCUT2D eigenvalue weighted by Gasteiger charge is 2.31. The molecule has 1 fully saturated rings. The van der Waals surface area contributed by atoms with E-state index in [9.17, 15) is 26.4 Å². The van der Waals surface area contributed by atoms with Gasteiger partial charge in [-0.3, -0.25) is 4.79 Å². The molecule has 1 N–H and O–H groups in total. The van der Waals surface area contributed by atoms with Gasteiger partial charge in [0.1, 0.15) is 5.76 Å². The highest BCUT2D eigenvalue weighted by atomic mass is 32.2. The zero-order valence-corrected chi connectivity index (χ0v) is 15.8. The van der Waals surface area contributed by atoms with Crippen molar-refractivity contribution in [3.05, 3.63) is 47.7 Å². The fourth-order valence-corrected chi connectivity index (χ4v) is 3.93. The molecule has 0 saturated carbocycles. The van der Waals surface area contributed by atoms with Crippen LogP contribution in [0.25, 0.3) is 11.3 Å². The SMILES string of the molecule is CS(=O)(=O)N1CCC(NC(=O)c2ccc(-c3cccc(C(F)(F)F)c3)o2)CC1. The number of amides is 1. The summed E-state index contributed by atoms with van der Waals surface area (Å²) in [6.07, 6.45) is -2.38. The summed E-state index contributed by atoms with van der Waals surface area (Å²) in [6.45, 7) is 0.634. The van der Waals surface area contributed by atoms with Crippen molar-refractivity contribution in [2.75, 3.05) is 19.3 Å². The van der Waals surface area contributed by atoms with Gasteiger partial charge in [-0.15, -0.1) is 0 Å². The summed E-state index contributed by atoms with van der Waals surface area (Å²) < 4.78 is 68.3. The highest BCUT2D eigenvalue weighted by molar-refractivity contribution is 7.88. The van der Waals surface area contributed by atoms with Crippen LogP contribution in [0.15, 0.2) is 40.8 Å². The Hall–Kier alpha value is -2.33. The van der Waals surface area contributed by atoms with Crippen LogP contribution in [0, 0.1) is 0 Å². The number of sulfonamides is 1. The van der Waals surface area contributed by atoms with Crippen LogP contribution >= 0.6 is 0 Å². The van der Waals surface area contributed by atoms with Crippen LogP contribution in [0.2, 0.25) is 0 Å². The van der Waals surface area contributed by atoms with E-state index in [4.69, 9.17) is 4.42 Å². The molecule has 1 aromatic carbocycles. The van der Waals surface area contributed by atoms with Crippen molar-refractivity contribution in [3.8, 4) is 11.3 Å². The summed E-state index contributed by atoms with van der Waals surface area (Å²) in [6, 6.07) is 7.30. The molecule has 2 aromatic rings. The van der Waals surface area contributed by atoms with E-state index in [-0.39, 0.29) is 23.1 Å². The predicted molar refractivity (Wildman–Crippen MR) is 96.1 cm³/mol. The van der Waals surface area contributed by atoms with Crippen molar-refractivity contribution in [2.24, 2.45) is 0 Å². The normalized spacial score (nSPS) is 16.9. The average Bonchev–Trinajstić information content (AvgIpc) is 3.11. The lowest BCUT2D eigenvalue weighted by molar-refractivity contribution is -0.137. The molecule has 28 heavy (non-hydrogen) atoms. The van der Waals surface area contributed by atoms with E-state index in [0.29, 0.717) is 25.9 Å². The number of piperidine rings is 1. The van der Waals surface area contributed by atoms with E-state index in [2.05, 4.69) is 5.32 Å². The van der Waals surface area contributed by atoms with Crippen molar-refractivity contribution in [2.45, 2.75) is 25.1 Å². The van der Waals surface area contributed by atoms with Gasteiger partial charge in [-0.2, -0.15) is 13.2 Å². The molecule has 0 spiro atoms. The maximum atomic E-state index is 12.8. The number of carbonyl (C=O) groups excluding carboxylic acids is 1. The molecule has 6 nitrogen and oxygen atoms in total. The number of hydrogen-bond donors (Lipinski definition) is 1. The second-order valence-electron chi connectivity index (χ2n) is 6.65. The van der Waals surface area contributed by atoms with Gasteiger partial charge < -0.3 is 9.73 Å². The number of carbonyl (C=O) groups is 1. The van der Waals surface area contributed by atoms with Crippen LogP contribution in [-0.2, 0) is 16.2 Å². The first-order valence-electron chi connectivity index (χ1n) is 8.57. The summed E-state index contributed by atoms with van der Waals surface area (Å²) in [5.41, 5.74) is -0.583. The molecule has 0 bridgehead atoms. The molecular formula is C18H19F3N2O4S. The fourth-order valence-electron chi connectivity index (χ4n) is 3.05. The largest absolute Gasteiger partial charge is 0.451 e. The topological polar surface area (TPSA) is 79.6 Å². The Bertz CT molecular complexity index is 961. The number of halogens is 3. The standard InChI is InChI=1S/C18H19F3N2O4S/c1-28(25,26)23-9-7-14(8-10-23)22-17(24)16-6-5-15(27-16)12-3-2-4-13(11-12)18(19,20)21/h2-6,11,14H,7-10H2,1H3,(H,22,24). The molecule has 1 aliphatic heterocycles. The molecule has 0 radical (unpaired) electrons. The van der Waals surface area contributed by atoms with Crippen molar-refractivity contribution in [1.82, 2.24) is 9.62 Å². The highest BCUT2D eigenvalue weighted by Crippen LogP contribution is 2.32. The average molecular weight is 416 g/mol. The number of rotatable bonds is 4. The lowest BCUT2D eigenvalue weighted by Crippen LogP contribution is -2.46. The minimum atomic E-state index is -4.47. The summed E-state index contributed by atoms with van der Waals surface area (Å²) in [7, 11) is -3.25. The molecule has 152 valence electrons. The van der Waals surface area contributed by atoms with Gasteiger partial charge in [-0.1, -0.05) is 12.1 Å². The van der Waals surface area contributed by atoms with Crippen LogP contribution in [0.3, 0.4) is 0 Å². The molecule has 3 rings (SSSR count). The van der Waals surface area contributed by atoms with E-state index in [1.54, 1.807) is 0 Å². The first-order chi connectivity index (χ1) is 13.0. The molecule has 1 aromatic heterocycles. The Kier molecular flexibility index (Phi) is 5.53. The van der Waals surface area contributed by atoms with E-state index in [0.717, 1.165) is 18.4 Å². The minimum Gasteiger partial charge on any atom is -0.451 e. The Morgan fingerprint density at radius 3 is 2.46 bits per heavy atom. The lowest BCUT2D eigenvalue weighted by atomic mass is 10.1. The Morgan fingerprint density at radius 1 is 1.18 bits per heavy atom. The maximum absolute atomic E-state index is 12.8. The molecule has 1 saturated heterocycles. The van der Waals surface area contributed by atoms with Gasteiger partial charge in [0.05, 0.1) is 11.8 Å². The van der Waals surface area contributed by atoms with Gasteiger partial charge in [0.15, 0.2) is 5.76 Å². The smallest absolute Gasteiger partial charge is 0.416 e. The Balaban J connectivity index is 1.65. The molecular weight excluding hydrogens is 397 g/mol. The van der Waals surface area contributed by atoms with Crippen LogP contribution in [0.5, 0.6) is 0 Å². The molecule has 0 aliphatic carbocycles. The zero-order valence-electron chi connectivity index (χ0n) is 15.0. The van der Waals surface area contributed by atoms with Gasteiger partial charge in [0, 0.05) is 24.7 Å². The summed E-state index contributed by atoms with van der Waals surface area (Å²) >= 11 is 0. The fraction of sp³-hybridized carbons (Fsp3) is 0.389. The number of alkyl halides is 3. The van der Waals surface area contributed by atoms with Crippen LogP contribution in [0.4, 0.5) is 13.2 Å². The number of nitrogens with zero attached hydrogens (tertiary/aromatic N) is 1. The van der Waals surface area contributed by atoms with Crippen LogP contribution in [0.1, 0.15) is 29.0 Å². The number of nitrogens with one attached hydrogen (secondary N) is 1. The van der Waals surface area contributed by atoms with E-state index in [1.165, 1.54) is 28.6 Å². The van der Waals surface area contributed by atoms with E-state index >= 15 is 0 Å². The van der Waals surface area contributed by atoms with Crippen molar-refractivity contribution >= 4 is 15.9 Å². The third kappa shape index (κ3) is 4.74. The van der Waals surface area contributed by atoms with Gasteiger partial charge in [-0.05, 0) is 37.1 Å². The van der Waals surface area contributed by atoms with Gasteiger partial charge in [0.2, 0.25) is 10.0 Å². The second kappa shape index (κ2) is 7.59. The molecule has 1 amide bonds. The number of benzene rings is 1. The summed E-state index contributed by atoms with van der Waals surface area (Å²) in [5.74, 6) is -0.350. The first-order valence-corrected chi connectivity index (χ1v) is 10.4. The van der Waals surface area contributed by atoms with E-state index < -0.39 is 27.7 Å². The van der Waals surface area contributed by atoms with Crippen molar-refractivity contribution < 1.29 is 30.8 Å². The zero-order chi connectivity index (χ0) is 20.5. The molecule has 2 heterocycles. The van der Waals surface area contributed by atoms with Crippen molar-refractivity contribution in [3.63, 3.8) is 0 Å². The Morgan fingerprint density at radius 2 is 1.86 bits per heavy atom. The summed E-state index contributed by atoms with van der Waals surface area (Å²) in [5, 5.41) is 2.77. The first kappa shape index (κ1) is 20.4. The quantitative estimate of drug-likeness (QED) is 0.831. The third-order valence-corrected chi connectivity index (χ3v) is 5.87. The van der Waals surface area contributed by atoms with Crippen LogP contribution in [-0.4, -0.2) is 44.0 Å². The summed E-state index contributed by atoms with van der Waals surface area (Å²) in [4.78, 5) is 12.3. The molecule has 0 atom stereocenters. The monoisotopic (exact) mass is 416 g/mol. The predicted octanol–water partition coefficient (Wildman–Crippen LogP) is 3.12. The minimum absolute atomic E-state index is 0.0158. The molecule has 10 heteroatoms. The second-order valence-corrected chi connectivity index (χ2v) is 8.63. The van der Waals surface area contributed by atoms with Crippen LogP contribution < -0.4 is 5.32 Å². The van der Waals surface area contributed by atoms with Gasteiger partial charge in [-0.25, -0.2) is 12.7 Å². The van der Waals surface area contributed by atoms with Gasteiger partial charge in [0.25, 0.3) is 5.91 Å². The lowest BCUT2D eigenvalue weighted by Gasteiger charge is -2.30. The molecule has 0 unspecified atom stereocenters. The number of furan rings is 1. The molecule has 1 aliphatic rings. The van der Waals surface area contributed by atoms with E-state index in [1.807, 2.05) is 0 Å². The number of hydrogen-bond acceptors (Lipinski definition) is 4. The maximum Gasteiger partial charge on any atom is 0.416 e. The third-order valence-electron chi connectivity index (χ3n) is 4.56. The van der Waals surface area contributed by atoms with Crippen molar-refractivity contribution in [1.29, 1.82) is 0 Å².